The Kier molecular flexibility index (Phi) is 5.54. The van der Waals surface area contributed by atoms with Crippen LogP contribution in [-0.2, 0) is 6.54 Å². The minimum Gasteiger partial charge on any atom is -0.365 e. The zero-order valence-electron chi connectivity index (χ0n) is 12.4. The monoisotopic (exact) mass is 266 g/mol. The van der Waals surface area contributed by atoms with Crippen LogP contribution in [0.25, 0.3) is 0 Å². The van der Waals surface area contributed by atoms with Crippen LogP contribution >= 0.6 is 0 Å². The van der Waals surface area contributed by atoms with Crippen LogP contribution in [0.15, 0.2) is 17.2 Å². The summed E-state index contributed by atoms with van der Waals surface area (Å²) in [6.45, 7) is 10.5. The highest BCUT2D eigenvalue weighted by atomic mass is 16.1. The molecular formula is C14H26N4O. The number of hydrogen-bond acceptors (Lipinski definition) is 4. The lowest BCUT2D eigenvalue weighted by atomic mass is 9.89. The summed E-state index contributed by atoms with van der Waals surface area (Å²) in [4.78, 5) is 16.3. The Bertz CT molecular complexity index is 451. The van der Waals surface area contributed by atoms with Crippen molar-refractivity contribution in [2.75, 3.05) is 18.4 Å². The average molecular weight is 266 g/mol. The van der Waals surface area contributed by atoms with Crippen molar-refractivity contribution in [2.45, 2.75) is 40.7 Å². The smallest absolute Gasteiger partial charge is 0.293 e. The van der Waals surface area contributed by atoms with Gasteiger partial charge in [-0.3, -0.25) is 4.79 Å². The van der Waals surface area contributed by atoms with Crippen molar-refractivity contribution in [3.8, 4) is 0 Å². The van der Waals surface area contributed by atoms with Gasteiger partial charge in [0.2, 0.25) is 0 Å². The standard InChI is InChI=1S/C14H26N4O/c1-11(2)9-18-8-7-16-12(13(18)19)17-10-14(3,4)5-6-15/h7-8,11H,5-6,9-10,15H2,1-4H3,(H,16,17). The molecule has 1 heterocycles. The summed E-state index contributed by atoms with van der Waals surface area (Å²) in [5.74, 6) is 0.856. The molecule has 0 aliphatic heterocycles. The Morgan fingerprint density at radius 1 is 1.47 bits per heavy atom. The molecule has 0 saturated heterocycles. The molecule has 1 aromatic rings. The summed E-state index contributed by atoms with van der Waals surface area (Å²) in [5, 5.41) is 3.15. The van der Waals surface area contributed by atoms with E-state index in [-0.39, 0.29) is 11.0 Å². The highest BCUT2D eigenvalue weighted by Crippen LogP contribution is 2.18. The minimum atomic E-state index is -0.0558. The topological polar surface area (TPSA) is 72.9 Å². The molecule has 0 atom stereocenters. The number of hydrogen-bond donors (Lipinski definition) is 2. The molecule has 0 aromatic carbocycles. The van der Waals surface area contributed by atoms with Crippen LogP contribution < -0.4 is 16.6 Å². The molecular weight excluding hydrogens is 240 g/mol. The van der Waals surface area contributed by atoms with E-state index in [1.807, 2.05) is 0 Å². The maximum Gasteiger partial charge on any atom is 0.293 e. The second kappa shape index (κ2) is 6.70. The van der Waals surface area contributed by atoms with E-state index in [1.54, 1.807) is 17.0 Å². The van der Waals surface area contributed by atoms with E-state index in [0.29, 0.717) is 31.4 Å². The van der Waals surface area contributed by atoms with Crippen LogP contribution in [-0.4, -0.2) is 22.6 Å². The van der Waals surface area contributed by atoms with Crippen LogP contribution in [0.3, 0.4) is 0 Å². The molecule has 0 fully saturated rings. The van der Waals surface area contributed by atoms with Gasteiger partial charge in [-0.2, -0.15) is 0 Å². The van der Waals surface area contributed by atoms with Crippen molar-refractivity contribution < 1.29 is 0 Å². The maximum absolute atomic E-state index is 12.2. The van der Waals surface area contributed by atoms with E-state index >= 15 is 0 Å². The first-order valence-electron chi connectivity index (χ1n) is 6.85. The number of aromatic nitrogens is 2. The molecule has 5 heteroatoms. The Morgan fingerprint density at radius 2 is 2.16 bits per heavy atom. The Labute approximate surface area is 115 Å². The minimum absolute atomic E-state index is 0.0558. The number of anilines is 1. The fraction of sp³-hybridized carbons (Fsp3) is 0.714. The van der Waals surface area contributed by atoms with E-state index in [1.165, 1.54) is 0 Å². The van der Waals surface area contributed by atoms with E-state index in [0.717, 1.165) is 6.42 Å². The second-order valence-corrected chi connectivity index (χ2v) is 6.18. The van der Waals surface area contributed by atoms with Crippen molar-refractivity contribution in [3.05, 3.63) is 22.7 Å². The number of nitrogens with one attached hydrogen (secondary N) is 1. The van der Waals surface area contributed by atoms with Crippen LogP contribution in [0.1, 0.15) is 34.1 Å². The molecule has 0 unspecified atom stereocenters. The summed E-state index contributed by atoms with van der Waals surface area (Å²) in [6.07, 6.45) is 4.31. The predicted octanol–water partition coefficient (Wildman–Crippen LogP) is 1.69. The molecule has 3 N–H and O–H groups in total. The van der Waals surface area contributed by atoms with Gasteiger partial charge in [0.1, 0.15) is 0 Å². The average Bonchev–Trinajstić information content (AvgIpc) is 2.29. The maximum atomic E-state index is 12.2. The largest absolute Gasteiger partial charge is 0.365 e. The molecule has 0 bridgehead atoms. The van der Waals surface area contributed by atoms with E-state index in [2.05, 4.69) is 38.0 Å². The Hall–Kier alpha value is -1.36. The van der Waals surface area contributed by atoms with Gasteiger partial charge in [0.15, 0.2) is 5.82 Å². The third-order valence-corrected chi connectivity index (χ3v) is 3.03. The van der Waals surface area contributed by atoms with Gasteiger partial charge >= 0.3 is 0 Å². The van der Waals surface area contributed by atoms with Crippen LogP contribution in [0.2, 0.25) is 0 Å². The molecule has 19 heavy (non-hydrogen) atoms. The fourth-order valence-corrected chi connectivity index (χ4v) is 1.91. The fourth-order valence-electron chi connectivity index (χ4n) is 1.91. The highest BCUT2D eigenvalue weighted by Gasteiger charge is 2.17. The first kappa shape index (κ1) is 15.7. The van der Waals surface area contributed by atoms with Crippen LogP contribution in [0.4, 0.5) is 5.82 Å². The van der Waals surface area contributed by atoms with Gasteiger partial charge in [-0.1, -0.05) is 27.7 Å². The molecule has 0 radical (unpaired) electrons. The number of nitrogens with zero attached hydrogens (tertiary/aromatic N) is 2. The molecule has 5 nitrogen and oxygen atoms in total. The van der Waals surface area contributed by atoms with Crippen molar-refractivity contribution in [3.63, 3.8) is 0 Å². The second-order valence-electron chi connectivity index (χ2n) is 6.18. The van der Waals surface area contributed by atoms with Crippen molar-refractivity contribution in [1.82, 2.24) is 9.55 Å². The Balaban J connectivity index is 2.77. The van der Waals surface area contributed by atoms with Crippen LogP contribution in [0, 0.1) is 11.3 Å². The molecule has 0 aliphatic rings. The zero-order chi connectivity index (χ0) is 14.5. The molecule has 108 valence electrons. The van der Waals surface area contributed by atoms with E-state index in [4.69, 9.17) is 5.73 Å². The summed E-state index contributed by atoms with van der Waals surface area (Å²) < 4.78 is 1.70. The quantitative estimate of drug-likeness (QED) is 0.787. The lowest BCUT2D eigenvalue weighted by Gasteiger charge is -2.24. The lowest BCUT2D eigenvalue weighted by molar-refractivity contribution is 0.364. The normalized spacial score (nSPS) is 11.9. The molecule has 0 spiro atoms. The zero-order valence-corrected chi connectivity index (χ0v) is 12.4. The van der Waals surface area contributed by atoms with Crippen LogP contribution in [0.5, 0.6) is 0 Å². The molecule has 0 saturated carbocycles. The van der Waals surface area contributed by atoms with Crippen molar-refractivity contribution in [1.29, 1.82) is 0 Å². The predicted molar refractivity (Wildman–Crippen MR) is 79.3 cm³/mol. The Morgan fingerprint density at radius 3 is 2.74 bits per heavy atom. The molecule has 1 aromatic heterocycles. The van der Waals surface area contributed by atoms with Gasteiger partial charge in [-0.25, -0.2) is 4.98 Å². The van der Waals surface area contributed by atoms with Gasteiger partial charge in [-0.05, 0) is 24.3 Å². The highest BCUT2D eigenvalue weighted by molar-refractivity contribution is 5.31. The summed E-state index contributed by atoms with van der Waals surface area (Å²) >= 11 is 0. The SMILES string of the molecule is CC(C)Cn1ccnc(NCC(C)(C)CCN)c1=O. The van der Waals surface area contributed by atoms with Crippen molar-refractivity contribution >= 4 is 5.82 Å². The van der Waals surface area contributed by atoms with Crippen molar-refractivity contribution in [2.24, 2.45) is 17.1 Å². The first-order chi connectivity index (χ1) is 8.85. The van der Waals surface area contributed by atoms with E-state index < -0.39 is 0 Å². The van der Waals surface area contributed by atoms with Gasteiger partial charge in [0.25, 0.3) is 5.56 Å². The molecule has 0 aliphatic carbocycles. The molecule has 0 amide bonds. The molecule has 1 rings (SSSR count). The van der Waals surface area contributed by atoms with Gasteiger partial charge < -0.3 is 15.6 Å². The van der Waals surface area contributed by atoms with E-state index in [9.17, 15) is 4.79 Å². The third kappa shape index (κ3) is 5.03. The third-order valence-electron chi connectivity index (χ3n) is 3.03. The lowest BCUT2D eigenvalue weighted by Crippen LogP contribution is -2.31. The summed E-state index contributed by atoms with van der Waals surface area (Å²) in [6, 6.07) is 0. The number of rotatable bonds is 7. The summed E-state index contributed by atoms with van der Waals surface area (Å²) in [5.41, 5.74) is 5.58. The van der Waals surface area contributed by atoms with Gasteiger partial charge in [0, 0.05) is 25.5 Å². The summed E-state index contributed by atoms with van der Waals surface area (Å²) in [7, 11) is 0. The van der Waals surface area contributed by atoms with Gasteiger partial charge in [0.05, 0.1) is 0 Å². The first-order valence-corrected chi connectivity index (χ1v) is 6.85. The number of nitrogens with two attached hydrogens (primary N) is 1. The van der Waals surface area contributed by atoms with Gasteiger partial charge in [-0.15, -0.1) is 0 Å².